The first-order valence-corrected chi connectivity index (χ1v) is 9.56. The molecule has 1 N–H and O–H groups in total. The highest BCUT2D eigenvalue weighted by Crippen LogP contribution is 2.34. The SMILES string of the molecule is Cc1cccc(OCC(=O)Nc2ccc3c(c2)N(CCN(C)C)C(=O)CO3)c1C. The molecule has 1 aliphatic rings. The van der Waals surface area contributed by atoms with Gasteiger partial charge in [-0.25, -0.2) is 0 Å². The average molecular weight is 397 g/mol. The molecule has 0 saturated carbocycles. The van der Waals surface area contributed by atoms with Crippen LogP contribution in [0.2, 0.25) is 0 Å². The van der Waals surface area contributed by atoms with Gasteiger partial charge in [0.2, 0.25) is 0 Å². The Labute approximate surface area is 171 Å². The number of likely N-dealkylation sites (N-methyl/N-ethyl adjacent to an activating group) is 1. The second-order valence-electron chi connectivity index (χ2n) is 7.35. The largest absolute Gasteiger partial charge is 0.483 e. The number of carbonyl (C=O) groups excluding carboxylic acids is 2. The number of ether oxygens (including phenoxy) is 2. The smallest absolute Gasteiger partial charge is 0.265 e. The van der Waals surface area contributed by atoms with Gasteiger partial charge < -0.3 is 24.6 Å². The maximum absolute atomic E-state index is 12.4. The molecule has 7 nitrogen and oxygen atoms in total. The summed E-state index contributed by atoms with van der Waals surface area (Å²) >= 11 is 0. The Morgan fingerprint density at radius 1 is 1.24 bits per heavy atom. The Morgan fingerprint density at radius 2 is 2.03 bits per heavy atom. The van der Waals surface area contributed by atoms with Crippen LogP contribution in [0.5, 0.6) is 11.5 Å². The van der Waals surface area contributed by atoms with E-state index in [1.54, 1.807) is 23.1 Å². The second-order valence-corrected chi connectivity index (χ2v) is 7.35. The van der Waals surface area contributed by atoms with Crippen molar-refractivity contribution in [1.29, 1.82) is 0 Å². The first kappa shape index (κ1) is 20.7. The zero-order chi connectivity index (χ0) is 21.0. The first-order chi connectivity index (χ1) is 13.8. The minimum Gasteiger partial charge on any atom is -0.483 e. The Hall–Kier alpha value is -3.06. The van der Waals surface area contributed by atoms with Crippen LogP contribution in [0.25, 0.3) is 0 Å². The van der Waals surface area contributed by atoms with Crippen LogP contribution in [0.15, 0.2) is 36.4 Å². The molecule has 0 aromatic heterocycles. The Morgan fingerprint density at radius 3 is 2.79 bits per heavy atom. The van der Waals surface area contributed by atoms with Crippen LogP contribution in [0, 0.1) is 13.8 Å². The van der Waals surface area contributed by atoms with Crippen LogP contribution in [-0.4, -0.2) is 57.1 Å². The van der Waals surface area contributed by atoms with Gasteiger partial charge in [-0.05, 0) is 63.3 Å². The molecule has 0 spiro atoms. The van der Waals surface area contributed by atoms with Crippen molar-refractivity contribution < 1.29 is 19.1 Å². The van der Waals surface area contributed by atoms with E-state index >= 15 is 0 Å². The molecule has 7 heteroatoms. The van der Waals surface area contributed by atoms with Gasteiger partial charge in [-0.2, -0.15) is 0 Å². The van der Waals surface area contributed by atoms with Gasteiger partial charge in [0, 0.05) is 18.8 Å². The fourth-order valence-electron chi connectivity index (χ4n) is 3.05. The van der Waals surface area contributed by atoms with E-state index in [0.717, 1.165) is 17.7 Å². The average Bonchev–Trinajstić information content (AvgIpc) is 2.68. The van der Waals surface area contributed by atoms with Gasteiger partial charge in [0.25, 0.3) is 11.8 Å². The van der Waals surface area contributed by atoms with E-state index in [4.69, 9.17) is 9.47 Å². The molecule has 1 aliphatic heterocycles. The van der Waals surface area contributed by atoms with Gasteiger partial charge in [-0.3, -0.25) is 9.59 Å². The fraction of sp³-hybridized carbons (Fsp3) is 0.364. The van der Waals surface area contributed by atoms with Crippen molar-refractivity contribution >= 4 is 23.2 Å². The number of amides is 2. The molecule has 0 radical (unpaired) electrons. The fourth-order valence-corrected chi connectivity index (χ4v) is 3.05. The van der Waals surface area contributed by atoms with Crippen molar-refractivity contribution in [3.05, 3.63) is 47.5 Å². The summed E-state index contributed by atoms with van der Waals surface area (Å²) in [6.07, 6.45) is 0. The standard InChI is InChI=1S/C22H27N3O4/c1-15-6-5-7-19(16(15)2)28-13-21(26)23-17-8-9-20-18(12-17)25(11-10-24(3)4)22(27)14-29-20/h5-9,12H,10-11,13-14H2,1-4H3,(H,23,26). The molecule has 154 valence electrons. The molecular weight excluding hydrogens is 370 g/mol. The number of nitrogens with zero attached hydrogens (tertiary/aromatic N) is 2. The maximum atomic E-state index is 12.4. The Kier molecular flexibility index (Phi) is 6.39. The Bertz CT molecular complexity index is 911. The third-order valence-electron chi connectivity index (χ3n) is 4.87. The van der Waals surface area contributed by atoms with Gasteiger partial charge >= 0.3 is 0 Å². The van der Waals surface area contributed by atoms with E-state index in [9.17, 15) is 9.59 Å². The molecule has 3 rings (SSSR count). The zero-order valence-corrected chi connectivity index (χ0v) is 17.3. The lowest BCUT2D eigenvalue weighted by Crippen LogP contribution is -2.42. The van der Waals surface area contributed by atoms with E-state index in [1.807, 2.05) is 51.0 Å². The van der Waals surface area contributed by atoms with Gasteiger partial charge in [0.05, 0.1) is 5.69 Å². The summed E-state index contributed by atoms with van der Waals surface area (Å²) < 4.78 is 11.2. The molecular formula is C22H27N3O4. The molecule has 0 fully saturated rings. The van der Waals surface area contributed by atoms with Gasteiger partial charge in [-0.1, -0.05) is 12.1 Å². The molecule has 2 aromatic rings. The van der Waals surface area contributed by atoms with Crippen LogP contribution in [-0.2, 0) is 9.59 Å². The van der Waals surface area contributed by atoms with E-state index in [2.05, 4.69) is 5.32 Å². The molecule has 2 amide bonds. The minimum atomic E-state index is -0.270. The summed E-state index contributed by atoms with van der Waals surface area (Å²) in [7, 11) is 3.91. The minimum absolute atomic E-state index is 0.0236. The first-order valence-electron chi connectivity index (χ1n) is 9.56. The molecule has 0 bridgehead atoms. The highest BCUT2D eigenvalue weighted by molar-refractivity contribution is 5.99. The molecule has 1 heterocycles. The third kappa shape index (κ3) is 5.06. The van der Waals surface area contributed by atoms with Crippen LogP contribution in [0.1, 0.15) is 11.1 Å². The summed E-state index contributed by atoms with van der Waals surface area (Å²) in [5, 5.41) is 2.83. The molecule has 0 unspecified atom stereocenters. The number of rotatable bonds is 7. The lowest BCUT2D eigenvalue weighted by Gasteiger charge is -2.30. The van der Waals surface area contributed by atoms with E-state index in [-0.39, 0.29) is 25.0 Å². The lowest BCUT2D eigenvalue weighted by atomic mass is 10.1. The summed E-state index contributed by atoms with van der Waals surface area (Å²) in [6.45, 7) is 5.17. The molecule has 2 aromatic carbocycles. The van der Waals surface area contributed by atoms with Gasteiger partial charge in [0.15, 0.2) is 13.2 Å². The number of hydrogen-bond acceptors (Lipinski definition) is 5. The molecule has 0 atom stereocenters. The molecule has 0 aliphatic carbocycles. The predicted molar refractivity (Wildman–Crippen MR) is 113 cm³/mol. The number of hydrogen-bond donors (Lipinski definition) is 1. The van der Waals surface area contributed by atoms with Crippen molar-refractivity contribution in [2.75, 3.05) is 50.6 Å². The van der Waals surface area contributed by atoms with E-state index in [0.29, 0.717) is 29.4 Å². The van der Waals surface area contributed by atoms with Crippen molar-refractivity contribution in [3.63, 3.8) is 0 Å². The number of nitrogens with one attached hydrogen (secondary N) is 1. The number of anilines is 2. The number of carbonyl (C=O) groups is 2. The summed E-state index contributed by atoms with van der Waals surface area (Å²) in [4.78, 5) is 28.4. The lowest BCUT2D eigenvalue weighted by molar-refractivity contribution is -0.121. The Balaban J connectivity index is 1.67. The topological polar surface area (TPSA) is 71.1 Å². The van der Waals surface area contributed by atoms with Gasteiger partial charge in [-0.15, -0.1) is 0 Å². The highest BCUT2D eigenvalue weighted by atomic mass is 16.5. The maximum Gasteiger partial charge on any atom is 0.265 e. The van der Waals surface area contributed by atoms with E-state index in [1.165, 1.54) is 0 Å². The second kappa shape index (κ2) is 8.96. The van der Waals surface area contributed by atoms with Crippen molar-refractivity contribution in [3.8, 4) is 11.5 Å². The summed E-state index contributed by atoms with van der Waals surface area (Å²) in [6, 6.07) is 11.0. The molecule has 0 saturated heterocycles. The van der Waals surface area contributed by atoms with Gasteiger partial charge in [0.1, 0.15) is 11.5 Å². The predicted octanol–water partition coefficient (Wildman–Crippen LogP) is 2.61. The van der Waals surface area contributed by atoms with Crippen molar-refractivity contribution in [1.82, 2.24) is 4.90 Å². The normalized spacial score (nSPS) is 13.1. The third-order valence-corrected chi connectivity index (χ3v) is 4.87. The van der Waals surface area contributed by atoms with Crippen LogP contribution in [0.4, 0.5) is 11.4 Å². The summed E-state index contributed by atoms with van der Waals surface area (Å²) in [5.41, 5.74) is 3.38. The van der Waals surface area contributed by atoms with Crippen molar-refractivity contribution in [2.24, 2.45) is 0 Å². The highest BCUT2D eigenvalue weighted by Gasteiger charge is 2.25. The van der Waals surface area contributed by atoms with E-state index < -0.39 is 0 Å². The number of benzene rings is 2. The summed E-state index contributed by atoms with van der Waals surface area (Å²) in [5.74, 6) is 0.960. The quantitative estimate of drug-likeness (QED) is 0.778. The monoisotopic (exact) mass is 397 g/mol. The number of aryl methyl sites for hydroxylation is 1. The molecule has 29 heavy (non-hydrogen) atoms. The number of fused-ring (bicyclic) bond motifs is 1. The van der Waals surface area contributed by atoms with Crippen molar-refractivity contribution in [2.45, 2.75) is 13.8 Å². The van der Waals surface area contributed by atoms with Crippen LogP contribution in [0.3, 0.4) is 0 Å². The van der Waals surface area contributed by atoms with Crippen LogP contribution >= 0.6 is 0 Å². The van der Waals surface area contributed by atoms with Crippen LogP contribution < -0.4 is 19.7 Å². The zero-order valence-electron chi connectivity index (χ0n) is 17.3.